The maximum atomic E-state index is 9.87. The van der Waals surface area contributed by atoms with Crippen molar-refractivity contribution in [1.82, 2.24) is 4.98 Å². The Balaban J connectivity index is 2.37. The molecule has 0 amide bonds. The van der Waals surface area contributed by atoms with Crippen LogP contribution in [0.5, 0.6) is 0 Å². The Bertz CT molecular complexity index is 586. The Morgan fingerprint density at radius 3 is 2.40 bits per heavy atom. The van der Waals surface area contributed by atoms with Gasteiger partial charge in [-0.15, -0.1) is 0 Å². The van der Waals surface area contributed by atoms with Crippen LogP contribution in [0.15, 0.2) is 42.6 Å². The number of benzene rings is 1. The largest absolute Gasteiger partial charge is 0.389 e. The van der Waals surface area contributed by atoms with Crippen LogP contribution in [0.3, 0.4) is 0 Å². The quantitative estimate of drug-likeness (QED) is 0.925. The lowest BCUT2D eigenvalue weighted by Gasteiger charge is -2.29. The topological polar surface area (TPSA) is 36.4 Å². The van der Waals surface area contributed by atoms with Crippen molar-refractivity contribution in [3.8, 4) is 0 Å². The van der Waals surface area contributed by atoms with Crippen molar-refractivity contribution in [3.63, 3.8) is 0 Å². The van der Waals surface area contributed by atoms with Crippen molar-refractivity contribution in [2.45, 2.75) is 26.0 Å². The van der Waals surface area contributed by atoms with Gasteiger partial charge in [0.1, 0.15) is 5.82 Å². The fraction of sp³-hybridized carbons (Fsp3) is 0.312. The monoisotopic (exact) mass is 290 g/mol. The van der Waals surface area contributed by atoms with Gasteiger partial charge in [0.25, 0.3) is 0 Å². The average molecular weight is 291 g/mol. The highest BCUT2D eigenvalue weighted by atomic mass is 35.5. The summed E-state index contributed by atoms with van der Waals surface area (Å²) in [5, 5.41) is 10.6. The van der Waals surface area contributed by atoms with Gasteiger partial charge < -0.3 is 10.0 Å². The number of aliphatic hydroxyl groups is 1. The van der Waals surface area contributed by atoms with Crippen LogP contribution in [0.2, 0.25) is 5.02 Å². The second-order valence-electron chi connectivity index (χ2n) is 4.90. The third kappa shape index (κ3) is 2.94. The molecule has 106 valence electrons. The zero-order valence-electron chi connectivity index (χ0n) is 11.9. The number of anilines is 1. The molecule has 0 saturated carbocycles. The van der Waals surface area contributed by atoms with E-state index in [9.17, 15) is 5.11 Å². The van der Waals surface area contributed by atoms with Crippen LogP contribution in [-0.2, 0) is 0 Å². The molecule has 0 aliphatic carbocycles. The molecule has 1 aromatic heterocycles. The molecule has 2 atom stereocenters. The fourth-order valence-corrected chi connectivity index (χ4v) is 2.53. The second kappa shape index (κ2) is 6.25. The Labute approximate surface area is 124 Å². The van der Waals surface area contributed by atoms with E-state index in [4.69, 9.17) is 11.6 Å². The van der Waals surface area contributed by atoms with Gasteiger partial charge in [0, 0.05) is 23.8 Å². The van der Waals surface area contributed by atoms with Crippen LogP contribution in [0.1, 0.15) is 37.1 Å². The fourth-order valence-electron chi connectivity index (χ4n) is 2.24. The van der Waals surface area contributed by atoms with E-state index in [1.807, 2.05) is 48.3 Å². The molecular weight excluding hydrogens is 272 g/mol. The van der Waals surface area contributed by atoms with E-state index in [-0.39, 0.29) is 6.04 Å². The molecule has 0 aliphatic heterocycles. The van der Waals surface area contributed by atoms with Crippen LogP contribution in [0, 0.1) is 0 Å². The van der Waals surface area contributed by atoms with Crippen LogP contribution in [0.25, 0.3) is 0 Å². The van der Waals surface area contributed by atoms with Gasteiger partial charge in [-0.1, -0.05) is 35.9 Å². The summed E-state index contributed by atoms with van der Waals surface area (Å²) < 4.78 is 0. The van der Waals surface area contributed by atoms with Gasteiger partial charge in [-0.05, 0) is 31.5 Å². The molecule has 0 bridgehead atoms. The number of rotatable bonds is 4. The zero-order valence-corrected chi connectivity index (χ0v) is 12.7. The Kier molecular flexibility index (Phi) is 4.63. The molecule has 2 rings (SSSR count). The van der Waals surface area contributed by atoms with Gasteiger partial charge in [-0.2, -0.15) is 0 Å². The molecule has 3 nitrogen and oxygen atoms in total. The molecule has 20 heavy (non-hydrogen) atoms. The Morgan fingerprint density at radius 2 is 1.75 bits per heavy atom. The number of nitrogens with zero attached hydrogens (tertiary/aromatic N) is 2. The molecule has 0 aliphatic rings. The summed E-state index contributed by atoms with van der Waals surface area (Å²) in [6, 6.07) is 11.6. The predicted molar refractivity (Wildman–Crippen MR) is 83.1 cm³/mol. The van der Waals surface area contributed by atoms with Crippen molar-refractivity contribution in [3.05, 3.63) is 58.7 Å². The molecule has 1 heterocycles. The molecule has 1 N–H and O–H groups in total. The van der Waals surface area contributed by atoms with E-state index in [1.54, 1.807) is 13.1 Å². The van der Waals surface area contributed by atoms with E-state index in [2.05, 4.69) is 11.9 Å². The number of pyridine rings is 1. The number of halogens is 1. The van der Waals surface area contributed by atoms with Crippen molar-refractivity contribution in [2.24, 2.45) is 0 Å². The van der Waals surface area contributed by atoms with Crippen LogP contribution in [0.4, 0.5) is 5.82 Å². The molecule has 2 unspecified atom stereocenters. The van der Waals surface area contributed by atoms with Gasteiger partial charge in [0.05, 0.1) is 12.1 Å². The third-order valence-electron chi connectivity index (χ3n) is 3.54. The first-order valence-corrected chi connectivity index (χ1v) is 7.00. The van der Waals surface area contributed by atoms with E-state index in [1.165, 1.54) is 0 Å². The smallest absolute Gasteiger partial charge is 0.134 e. The van der Waals surface area contributed by atoms with Crippen LogP contribution >= 0.6 is 11.6 Å². The minimum Gasteiger partial charge on any atom is -0.389 e. The molecule has 0 radical (unpaired) electrons. The molecule has 0 fully saturated rings. The number of aromatic nitrogens is 1. The van der Waals surface area contributed by atoms with Gasteiger partial charge >= 0.3 is 0 Å². The molecular formula is C16H19ClN2O. The predicted octanol–water partition coefficient (Wildman–Crippen LogP) is 3.99. The Morgan fingerprint density at radius 1 is 1.10 bits per heavy atom. The Hall–Kier alpha value is -1.58. The van der Waals surface area contributed by atoms with Crippen molar-refractivity contribution in [1.29, 1.82) is 0 Å². The van der Waals surface area contributed by atoms with E-state index in [0.29, 0.717) is 0 Å². The second-order valence-corrected chi connectivity index (χ2v) is 5.31. The summed E-state index contributed by atoms with van der Waals surface area (Å²) in [4.78, 5) is 6.43. The molecule has 0 saturated heterocycles. The summed E-state index contributed by atoms with van der Waals surface area (Å²) in [6.45, 7) is 3.82. The minimum absolute atomic E-state index is 0.0658. The molecule has 0 spiro atoms. The van der Waals surface area contributed by atoms with Crippen molar-refractivity contribution in [2.75, 3.05) is 11.9 Å². The first-order chi connectivity index (χ1) is 9.52. The lowest BCUT2D eigenvalue weighted by atomic mass is 10.1. The van der Waals surface area contributed by atoms with Gasteiger partial charge in [0.15, 0.2) is 0 Å². The average Bonchev–Trinajstić information content (AvgIpc) is 2.46. The summed E-state index contributed by atoms with van der Waals surface area (Å²) in [6.07, 6.45) is 1.18. The lowest BCUT2D eigenvalue weighted by Crippen LogP contribution is -2.24. The standard InChI is InChI=1S/C16H19ClN2O/c1-11(13-7-4-5-9-15(13)17)19(3)16-14(12(2)20)8-6-10-18-16/h4-12,20H,1-3H3. The summed E-state index contributed by atoms with van der Waals surface area (Å²) in [7, 11) is 1.96. The van der Waals surface area contributed by atoms with E-state index >= 15 is 0 Å². The first kappa shape index (κ1) is 14.8. The maximum absolute atomic E-state index is 9.87. The summed E-state index contributed by atoms with van der Waals surface area (Å²) in [5.74, 6) is 0.773. The summed E-state index contributed by atoms with van der Waals surface area (Å²) >= 11 is 6.26. The van der Waals surface area contributed by atoms with Gasteiger partial charge in [0.2, 0.25) is 0 Å². The highest BCUT2D eigenvalue weighted by Crippen LogP contribution is 2.32. The number of hydrogen-bond acceptors (Lipinski definition) is 3. The SMILES string of the molecule is CC(O)c1cccnc1N(C)C(C)c1ccccc1Cl. The normalized spacial score (nSPS) is 13.8. The van der Waals surface area contributed by atoms with Crippen LogP contribution in [-0.4, -0.2) is 17.1 Å². The molecule has 2 aromatic rings. The summed E-state index contributed by atoms with van der Waals surface area (Å²) in [5.41, 5.74) is 1.85. The first-order valence-electron chi connectivity index (χ1n) is 6.62. The number of aliphatic hydroxyl groups excluding tert-OH is 1. The van der Waals surface area contributed by atoms with Crippen LogP contribution < -0.4 is 4.90 Å². The van der Waals surface area contributed by atoms with E-state index in [0.717, 1.165) is 22.0 Å². The third-order valence-corrected chi connectivity index (χ3v) is 3.88. The van der Waals surface area contributed by atoms with E-state index < -0.39 is 6.10 Å². The molecule has 1 aromatic carbocycles. The highest BCUT2D eigenvalue weighted by Gasteiger charge is 2.19. The lowest BCUT2D eigenvalue weighted by molar-refractivity contribution is 0.199. The zero-order chi connectivity index (χ0) is 14.7. The molecule has 4 heteroatoms. The highest BCUT2D eigenvalue weighted by molar-refractivity contribution is 6.31. The van der Waals surface area contributed by atoms with Gasteiger partial charge in [-0.25, -0.2) is 4.98 Å². The van der Waals surface area contributed by atoms with Crippen molar-refractivity contribution >= 4 is 17.4 Å². The minimum atomic E-state index is -0.556. The number of hydrogen-bond donors (Lipinski definition) is 1. The van der Waals surface area contributed by atoms with Crippen molar-refractivity contribution < 1.29 is 5.11 Å². The van der Waals surface area contributed by atoms with Gasteiger partial charge in [-0.3, -0.25) is 0 Å². The maximum Gasteiger partial charge on any atom is 0.134 e.